The maximum atomic E-state index is 12.8. The van der Waals surface area contributed by atoms with Gasteiger partial charge in [0, 0.05) is 41.6 Å². The molecule has 2 aliphatic heterocycles. The molecule has 2 saturated heterocycles. The summed E-state index contributed by atoms with van der Waals surface area (Å²) in [4.78, 5) is 19.2. The number of nitrogens with zero attached hydrogens (tertiary/aromatic N) is 3. The molecule has 0 bridgehead atoms. The zero-order valence-corrected chi connectivity index (χ0v) is 22.8. The summed E-state index contributed by atoms with van der Waals surface area (Å²) in [6, 6.07) is 17.0. The average molecular weight is 565 g/mol. The van der Waals surface area contributed by atoms with E-state index in [1.807, 2.05) is 18.2 Å². The number of piperazine rings is 1. The second-order valence-electron chi connectivity index (χ2n) is 10.1. The number of benzene rings is 2. The third kappa shape index (κ3) is 5.89. The van der Waals surface area contributed by atoms with Crippen LogP contribution in [-0.4, -0.2) is 102 Å². The summed E-state index contributed by atoms with van der Waals surface area (Å²) >= 11 is 1.42. The maximum Gasteiger partial charge on any atom is 0.262 e. The first-order chi connectivity index (χ1) is 19.3. The molecule has 210 valence electrons. The van der Waals surface area contributed by atoms with E-state index in [4.69, 9.17) is 4.74 Å². The highest BCUT2D eigenvalue weighted by Gasteiger charge is 2.44. The van der Waals surface area contributed by atoms with Crippen molar-refractivity contribution >= 4 is 39.8 Å². The zero-order valence-electron chi connectivity index (χ0n) is 22.0. The highest BCUT2D eigenvalue weighted by molar-refractivity contribution is 7.16. The minimum absolute atomic E-state index is 0.235. The summed E-state index contributed by atoms with van der Waals surface area (Å²) in [5, 5.41) is 53.9. The Morgan fingerprint density at radius 2 is 1.80 bits per heavy atom. The number of rotatable bonds is 6. The number of carbonyl (C=O) groups is 1. The quantitative estimate of drug-likeness (QED) is 0.219. The van der Waals surface area contributed by atoms with Gasteiger partial charge >= 0.3 is 0 Å². The Morgan fingerprint density at radius 1 is 1.07 bits per heavy atom. The van der Waals surface area contributed by atoms with Gasteiger partial charge in [-0.1, -0.05) is 18.2 Å². The van der Waals surface area contributed by atoms with Crippen molar-refractivity contribution in [3.63, 3.8) is 0 Å². The number of aliphatic hydroxyl groups excluding tert-OH is 4. The fraction of sp³-hybridized carbons (Fsp3) is 0.379. The van der Waals surface area contributed by atoms with E-state index in [0.717, 1.165) is 47.4 Å². The highest BCUT2D eigenvalue weighted by Crippen LogP contribution is 2.33. The van der Waals surface area contributed by atoms with Crippen molar-refractivity contribution in [2.24, 2.45) is 0 Å². The maximum absolute atomic E-state index is 12.8. The van der Waals surface area contributed by atoms with Crippen LogP contribution in [0.4, 0.5) is 5.69 Å². The number of fused-ring (bicyclic) bond motifs is 1. The molecule has 1 aromatic heterocycles. The molecule has 3 heterocycles. The second-order valence-corrected chi connectivity index (χ2v) is 11.3. The third-order valence-corrected chi connectivity index (χ3v) is 8.53. The van der Waals surface area contributed by atoms with Crippen LogP contribution in [0.25, 0.3) is 27.3 Å². The number of nitrogens with one attached hydrogen (secondary N) is 1. The van der Waals surface area contributed by atoms with Crippen LogP contribution in [0.3, 0.4) is 0 Å². The Morgan fingerprint density at radius 3 is 2.52 bits per heavy atom. The molecule has 40 heavy (non-hydrogen) atoms. The predicted molar refractivity (Wildman–Crippen MR) is 152 cm³/mol. The molecule has 0 spiro atoms. The standard InChI is InChI=1S/C29H32N4O6S/c1-32-8-10-33(11-9-32)21-5-4-17-12-19(3-2-18(17)13-21)24-7-6-22(40-24)14-20(15-30)28(37)31-25-27(36)26(35)23(16-34)39-29(25)38/h2-7,12-14,23,25-27,29,34-36,38H,8-11,16H2,1H3,(H,31,37)/b20-14+/t23-,25-,26-,27-,29?/m1/s1. The highest BCUT2D eigenvalue weighted by atomic mass is 32.1. The van der Waals surface area contributed by atoms with E-state index in [1.54, 1.807) is 0 Å². The van der Waals surface area contributed by atoms with Crippen LogP contribution in [0.5, 0.6) is 0 Å². The van der Waals surface area contributed by atoms with Crippen molar-refractivity contribution in [2.45, 2.75) is 30.6 Å². The number of hydrogen-bond donors (Lipinski definition) is 5. The Hall–Kier alpha value is -3.34. The van der Waals surface area contributed by atoms with Crippen molar-refractivity contribution < 1.29 is 30.0 Å². The van der Waals surface area contributed by atoms with E-state index in [9.17, 15) is 30.5 Å². The fourth-order valence-corrected chi connectivity index (χ4v) is 5.95. The number of aliphatic hydroxyl groups is 4. The van der Waals surface area contributed by atoms with Crippen molar-refractivity contribution in [3.05, 3.63) is 59.0 Å². The van der Waals surface area contributed by atoms with Crippen molar-refractivity contribution in [1.29, 1.82) is 5.26 Å². The molecule has 2 aromatic carbocycles. The van der Waals surface area contributed by atoms with Gasteiger partial charge in [0.2, 0.25) is 0 Å². The van der Waals surface area contributed by atoms with Gasteiger partial charge in [0.05, 0.1) is 6.61 Å². The Balaban J connectivity index is 1.29. The largest absolute Gasteiger partial charge is 0.394 e. The summed E-state index contributed by atoms with van der Waals surface area (Å²) in [7, 11) is 2.14. The first-order valence-electron chi connectivity index (χ1n) is 13.1. The van der Waals surface area contributed by atoms with Gasteiger partial charge in [-0.05, 0) is 59.8 Å². The number of carbonyl (C=O) groups excluding carboxylic acids is 1. The summed E-state index contributed by atoms with van der Waals surface area (Å²) in [5.74, 6) is -0.833. The molecule has 11 heteroatoms. The fourth-order valence-electron chi connectivity index (χ4n) is 5.01. The molecule has 3 aromatic rings. The van der Waals surface area contributed by atoms with Gasteiger partial charge in [0.1, 0.15) is 36.0 Å². The molecule has 5 atom stereocenters. The average Bonchev–Trinajstić information content (AvgIpc) is 3.44. The first-order valence-corrected chi connectivity index (χ1v) is 13.9. The smallest absolute Gasteiger partial charge is 0.262 e. The molecule has 10 nitrogen and oxygen atoms in total. The van der Waals surface area contributed by atoms with Crippen LogP contribution < -0.4 is 10.2 Å². The topological polar surface area (TPSA) is 150 Å². The molecule has 1 unspecified atom stereocenters. The van der Waals surface area contributed by atoms with Crippen LogP contribution in [-0.2, 0) is 9.53 Å². The third-order valence-electron chi connectivity index (χ3n) is 7.45. The number of amides is 1. The molecule has 0 radical (unpaired) electrons. The van der Waals surface area contributed by atoms with Crippen molar-refractivity contribution in [3.8, 4) is 16.5 Å². The molecule has 5 N–H and O–H groups in total. The number of anilines is 1. The molecular formula is C29H32N4O6S. The van der Waals surface area contributed by atoms with E-state index in [2.05, 4.69) is 58.6 Å². The minimum Gasteiger partial charge on any atom is -0.394 e. The molecular weight excluding hydrogens is 532 g/mol. The number of hydrogen-bond acceptors (Lipinski definition) is 10. The van der Waals surface area contributed by atoms with Gasteiger partial charge in [-0.3, -0.25) is 4.79 Å². The Kier molecular flexibility index (Phi) is 8.48. The van der Waals surface area contributed by atoms with Gasteiger partial charge in [-0.2, -0.15) is 5.26 Å². The number of thiophene rings is 1. The lowest BCUT2D eigenvalue weighted by molar-refractivity contribution is -0.253. The van der Waals surface area contributed by atoms with Crippen molar-refractivity contribution in [2.75, 3.05) is 44.7 Å². The van der Waals surface area contributed by atoms with Gasteiger partial charge in [0.15, 0.2) is 6.29 Å². The summed E-state index contributed by atoms with van der Waals surface area (Å²) in [6.45, 7) is 3.50. The van der Waals surface area contributed by atoms with Crippen LogP contribution in [0.15, 0.2) is 54.1 Å². The molecule has 2 aliphatic rings. The van der Waals surface area contributed by atoms with E-state index in [0.29, 0.717) is 4.88 Å². The normalized spacial score (nSPS) is 26.1. The SMILES string of the molecule is CN1CCN(c2ccc3cc(-c4ccc(/C=C(\C#N)C(=O)N[C@H]5C(O)O[C@H](CO)[C@@H](O)[C@@H]5O)s4)ccc3c2)CC1. The van der Waals surface area contributed by atoms with Gasteiger partial charge < -0.3 is 40.3 Å². The van der Waals surface area contributed by atoms with Crippen LogP contribution in [0.2, 0.25) is 0 Å². The molecule has 1 amide bonds. The van der Waals surface area contributed by atoms with E-state index in [-0.39, 0.29) is 5.57 Å². The number of ether oxygens (including phenoxy) is 1. The summed E-state index contributed by atoms with van der Waals surface area (Å²) < 4.78 is 5.06. The second kappa shape index (κ2) is 12.0. The van der Waals surface area contributed by atoms with Gasteiger partial charge in [-0.15, -0.1) is 11.3 Å². The first kappa shape index (κ1) is 28.2. The predicted octanol–water partition coefficient (Wildman–Crippen LogP) is 1.14. The number of likely N-dealkylation sites (N-methyl/N-ethyl adjacent to an activating group) is 1. The molecule has 2 fully saturated rings. The Bertz CT molecular complexity index is 1440. The Labute approximate surface area is 235 Å². The molecule has 0 aliphatic carbocycles. The van der Waals surface area contributed by atoms with Crippen LogP contribution in [0.1, 0.15) is 4.88 Å². The van der Waals surface area contributed by atoms with E-state index < -0.39 is 43.2 Å². The summed E-state index contributed by atoms with van der Waals surface area (Å²) in [5.41, 5.74) is 2.01. The summed E-state index contributed by atoms with van der Waals surface area (Å²) in [6.07, 6.45) is -4.54. The molecule has 0 saturated carbocycles. The van der Waals surface area contributed by atoms with Gasteiger partial charge in [0.25, 0.3) is 5.91 Å². The van der Waals surface area contributed by atoms with E-state index in [1.165, 1.54) is 23.1 Å². The van der Waals surface area contributed by atoms with E-state index >= 15 is 0 Å². The lowest BCUT2D eigenvalue weighted by Gasteiger charge is -2.40. The minimum atomic E-state index is -1.67. The monoisotopic (exact) mass is 564 g/mol. The van der Waals surface area contributed by atoms with Gasteiger partial charge in [-0.25, -0.2) is 0 Å². The molecule has 5 rings (SSSR count). The lowest BCUT2D eigenvalue weighted by atomic mass is 9.97. The lowest BCUT2D eigenvalue weighted by Crippen LogP contribution is -2.64. The number of nitriles is 1. The van der Waals surface area contributed by atoms with Crippen LogP contribution >= 0.6 is 11.3 Å². The van der Waals surface area contributed by atoms with Crippen LogP contribution in [0, 0.1) is 11.3 Å². The zero-order chi connectivity index (χ0) is 28.4. The van der Waals surface area contributed by atoms with Crippen molar-refractivity contribution in [1.82, 2.24) is 10.2 Å².